The summed E-state index contributed by atoms with van der Waals surface area (Å²) in [7, 11) is 7.02. The number of carbonyl (C=O) groups excluding carboxylic acids is 1. The van der Waals surface area contributed by atoms with Crippen LogP contribution in [0.1, 0.15) is 15.9 Å². The second-order valence-electron chi connectivity index (χ2n) is 5.39. The number of nitrogens with zero attached hydrogens (tertiary/aromatic N) is 1. The van der Waals surface area contributed by atoms with E-state index in [1.54, 1.807) is 18.2 Å². The molecule has 0 spiro atoms. The number of aryl methyl sites for hydroxylation is 1. The molecule has 0 aliphatic carbocycles. The average molecular weight is 314 g/mol. The van der Waals surface area contributed by atoms with E-state index in [1.165, 1.54) is 14.2 Å². The number of rotatable bonds is 5. The van der Waals surface area contributed by atoms with Gasteiger partial charge in [-0.2, -0.15) is 0 Å². The van der Waals surface area contributed by atoms with E-state index in [1.807, 2.05) is 44.1 Å². The zero-order valence-electron chi connectivity index (χ0n) is 14.1. The van der Waals surface area contributed by atoms with E-state index in [4.69, 9.17) is 9.47 Å². The average Bonchev–Trinajstić information content (AvgIpc) is 2.55. The maximum Gasteiger partial charge on any atom is 0.263 e. The molecule has 2 rings (SSSR count). The molecule has 5 heteroatoms. The monoisotopic (exact) mass is 314 g/mol. The van der Waals surface area contributed by atoms with Crippen molar-refractivity contribution in [3.05, 3.63) is 47.5 Å². The SMILES string of the molecule is COc1cccc(OC)c1C(=O)Nc1ccc(N(C)C)cc1C. The van der Waals surface area contributed by atoms with Crippen LogP contribution in [0, 0.1) is 6.92 Å². The molecule has 0 saturated heterocycles. The summed E-state index contributed by atoms with van der Waals surface area (Å²) in [6.45, 7) is 1.96. The minimum atomic E-state index is -0.264. The number of carbonyl (C=O) groups is 1. The summed E-state index contributed by atoms with van der Waals surface area (Å²) in [5, 5.41) is 2.92. The third-order valence-corrected chi connectivity index (χ3v) is 3.63. The van der Waals surface area contributed by atoms with Crippen molar-refractivity contribution >= 4 is 17.3 Å². The fourth-order valence-electron chi connectivity index (χ4n) is 2.33. The number of anilines is 2. The fraction of sp³-hybridized carbons (Fsp3) is 0.278. The summed E-state index contributed by atoms with van der Waals surface area (Å²) in [5.41, 5.74) is 3.20. The van der Waals surface area contributed by atoms with Gasteiger partial charge in [0.1, 0.15) is 17.1 Å². The summed E-state index contributed by atoms with van der Waals surface area (Å²) < 4.78 is 10.6. The lowest BCUT2D eigenvalue weighted by molar-refractivity contribution is 0.102. The largest absolute Gasteiger partial charge is 0.496 e. The Balaban J connectivity index is 2.33. The van der Waals surface area contributed by atoms with Gasteiger partial charge in [0.15, 0.2) is 0 Å². The highest BCUT2D eigenvalue weighted by atomic mass is 16.5. The molecule has 23 heavy (non-hydrogen) atoms. The van der Waals surface area contributed by atoms with Gasteiger partial charge in [-0.15, -0.1) is 0 Å². The first-order valence-corrected chi connectivity index (χ1v) is 7.28. The predicted molar refractivity (Wildman–Crippen MR) is 93.0 cm³/mol. The third-order valence-electron chi connectivity index (χ3n) is 3.63. The van der Waals surface area contributed by atoms with Gasteiger partial charge >= 0.3 is 0 Å². The standard InChI is InChI=1S/C18H22N2O3/c1-12-11-13(20(2)3)9-10-14(12)19-18(21)17-15(22-4)7-6-8-16(17)23-5/h6-11H,1-5H3,(H,19,21). The van der Waals surface area contributed by atoms with Gasteiger partial charge < -0.3 is 19.7 Å². The van der Waals surface area contributed by atoms with E-state index in [0.29, 0.717) is 17.1 Å². The predicted octanol–water partition coefficient (Wildman–Crippen LogP) is 3.33. The normalized spacial score (nSPS) is 10.1. The van der Waals surface area contributed by atoms with Crippen LogP contribution in [0.25, 0.3) is 0 Å². The maximum absolute atomic E-state index is 12.7. The van der Waals surface area contributed by atoms with Crippen LogP contribution in [-0.4, -0.2) is 34.2 Å². The molecular formula is C18H22N2O3. The number of nitrogens with one attached hydrogen (secondary N) is 1. The Morgan fingerprint density at radius 2 is 1.65 bits per heavy atom. The lowest BCUT2D eigenvalue weighted by Crippen LogP contribution is -2.16. The molecule has 0 fully saturated rings. The summed E-state index contributed by atoms with van der Waals surface area (Å²) in [4.78, 5) is 14.7. The minimum absolute atomic E-state index is 0.264. The zero-order chi connectivity index (χ0) is 17.0. The summed E-state index contributed by atoms with van der Waals surface area (Å²) in [6.07, 6.45) is 0. The quantitative estimate of drug-likeness (QED) is 0.920. The van der Waals surface area contributed by atoms with E-state index in [-0.39, 0.29) is 5.91 Å². The fourth-order valence-corrected chi connectivity index (χ4v) is 2.33. The molecule has 2 aromatic rings. The molecule has 0 aromatic heterocycles. The number of amides is 1. The minimum Gasteiger partial charge on any atom is -0.496 e. The number of ether oxygens (including phenoxy) is 2. The highest BCUT2D eigenvalue weighted by Crippen LogP contribution is 2.30. The molecule has 0 saturated carbocycles. The second-order valence-corrected chi connectivity index (χ2v) is 5.39. The third kappa shape index (κ3) is 3.56. The molecule has 2 aromatic carbocycles. The van der Waals surface area contributed by atoms with E-state index in [9.17, 15) is 4.79 Å². The Labute approximate surface area is 136 Å². The van der Waals surface area contributed by atoms with Crippen molar-refractivity contribution in [3.63, 3.8) is 0 Å². The van der Waals surface area contributed by atoms with Gasteiger partial charge in [0.05, 0.1) is 14.2 Å². The van der Waals surface area contributed by atoms with Gasteiger partial charge in [-0.1, -0.05) is 6.07 Å². The first-order chi connectivity index (χ1) is 11.0. The van der Waals surface area contributed by atoms with Crippen LogP contribution in [0.15, 0.2) is 36.4 Å². The molecule has 122 valence electrons. The lowest BCUT2D eigenvalue weighted by atomic mass is 10.1. The lowest BCUT2D eigenvalue weighted by Gasteiger charge is -2.17. The number of benzene rings is 2. The first kappa shape index (κ1) is 16.7. The Bertz CT molecular complexity index is 689. The Morgan fingerprint density at radius 3 is 2.13 bits per heavy atom. The Hall–Kier alpha value is -2.69. The summed E-state index contributed by atoms with van der Waals surface area (Å²) in [6, 6.07) is 11.1. The van der Waals surface area contributed by atoms with Crippen molar-refractivity contribution in [3.8, 4) is 11.5 Å². The topological polar surface area (TPSA) is 50.8 Å². The van der Waals surface area contributed by atoms with Gasteiger partial charge in [0.2, 0.25) is 0 Å². The number of methoxy groups -OCH3 is 2. The van der Waals surface area contributed by atoms with Gasteiger partial charge in [-0.05, 0) is 42.8 Å². The van der Waals surface area contributed by atoms with Crippen LogP contribution in [0.3, 0.4) is 0 Å². The zero-order valence-corrected chi connectivity index (χ0v) is 14.1. The van der Waals surface area contributed by atoms with E-state index in [0.717, 1.165) is 16.9 Å². The molecule has 1 amide bonds. The highest BCUT2D eigenvalue weighted by molar-refractivity contribution is 6.08. The van der Waals surface area contributed by atoms with Gasteiger partial charge in [-0.25, -0.2) is 0 Å². The summed E-state index contributed by atoms with van der Waals surface area (Å²) in [5.74, 6) is 0.689. The van der Waals surface area contributed by atoms with Crippen LogP contribution in [-0.2, 0) is 0 Å². The van der Waals surface area contributed by atoms with Crippen LogP contribution in [0.4, 0.5) is 11.4 Å². The summed E-state index contributed by atoms with van der Waals surface area (Å²) >= 11 is 0. The molecule has 0 aliphatic rings. The van der Waals surface area contributed by atoms with E-state index >= 15 is 0 Å². The van der Waals surface area contributed by atoms with Crippen LogP contribution in [0.5, 0.6) is 11.5 Å². The van der Waals surface area contributed by atoms with Crippen molar-refractivity contribution in [2.45, 2.75) is 6.92 Å². The molecule has 0 heterocycles. The van der Waals surface area contributed by atoms with Crippen molar-refractivity contribution in [1.29, 1.82) is 0 Å². The number of hydrogen-bond acceptors (Lipinski definition) is 4. The second kappa shape index (κ2) is 7.05. The molecule has 1 N–H and O–H groups in total. The van der Waals surface area contributed by atoms with Gasteiger partial charge in [0, 0.05) is 25.5 Å². The van der Waals surface area contributed by atoms with Crippen molar-refractivity contribution in [2.75, 3.05) is 38.5 Å². The number of hydrogen-bond donors (Lipinski definition) is 1. The molecule has 5 nitrogen and oxygen atoms in total. The first-order valence-electron chi connectivity index (χ1n) is 7.28. The molecule has 0 atom stereocenters. The smallest absolute Gasteiger partial charge is 0.263 e. The molecule has 0 bridgehead atoms. The van der Waals surface area contributed by atoms with E-state index < -0.39 is 0 Å². The molecule has 0 unspecified atom stereocenters. The van der Waals surface area contributed by atoms with Crippen molar-refractivity contribution in [2.24, 2.45) is 0 Å². The van der Waals surface area contributed by atoms with Crippen molar-refractivity contribution in [1.82, 2.24) is 0 Å². The molecule has 0 radical (unpaired) electrons. The van der Waals surface area contributed by atoms with Crippen molar-refractivity contribution < 1.29 is 14.3 Å². The molecule has 0 aliphatic heterocycles. The van der Waals surface area contributed by atoms with Gasteiger partial charge in [0.25, 0.3) is 5.91 Å². The maximum atomic E-state index is 12.7. The van der Waals surface area contributed by atoms with Crippen LogP contribution >= 0.6 is 0 Å². The molecular weight excluding hydrogens is 292 g/mol. The van der Waals surface area contributed by atoms with Crippen LogP contribution in [0.2, 0.25) is 0 Å². The van der Waals surface area contributed by atoms with Crippen LogP contribution < -0.4 is 19.7 Å². The van der Waals surface area contributed by atoms with E-state index in [2.05, 4.69) is 5.32 Å². The van der Waals surface area contributed by atoms with Gasteiger partial charge in [-0.3, -0.25) is 4.79 Å². The Morgan fingerprint density at radius 1 is 1.04 bits per heavy atom. The highest BCUT2D eigenvalue weighted by Gasteiger charge is 2.18. The Kier molecular flexibility index (Phi) is 5.11.